The van der Waals surface area contributed by atoms with Gasteiger partial charge in [-0.05, 0) is 52.9 Å². The maximum absolute atomic E-state index is 12.8. The Labute approximate surface area is 96.1 Å². The molecule has 2 N–H and O–H groups in total. The monoisotopic (exact) mass is 307 g/mol. The van der Waals surface area contributed by atoms with Crippen molar-refractivity contribution >= 4 is 22.6 Å². The molecule has 0 aliphatic heterocycles. The SMILES string of the molecule is NC/C=C(\F)COc1ccc(I)cc1. The predicted molar refractivity (Wildman–Crippen MR) is 62.9 cm³/mol. The molecule has 2 nitrogen and oxygen atoms in total. The molecule has 0 fully saturated rings. The standard InChI is InChI=1S/C10H11FINO/c11-8(5-6-13)7-14-10-3-1-9(12)2-4-10/h1-5H,6-7,13H2/b8-5-. The third-order valence-corrected chi connectivity index (χ3v) is 2.25. The zero-order valence-electron chi connectivity index (χ0n) is 7.54. The summed E-state index contributed by atoms with van der Waals surface area (Å²) in [6, 6.07) is 7.41. The first kappa shape index (κ1) is 11.5. The average molecular weight is 307 g/mol. The minimum absolute atomic E-state index is 0.0577. The minimum atomic E-state index is -0.342. The second-order valence-electron chi connectivity index (χ2n) is 2.63. The van der Waals surface area contributed by atoms with Crippen molar-refractivity contribution in [2.24, 2.45) is 5.73 Å². The Morgan fingerprint density at radius 1 is 1.43 bits per heavy atom. The summed E-state index contributed by atoms with van der Waals surface area (Å²) < 4.78 is 19.1. The first-order valence-corrected chi connectivity index (χ1v) is 5.23. The predicted octanol–water partition coefficient (Wildman–Crippen LogP) is 2.48. The van der Waals surface area contributed by atoms with Crippen LogP contribution in [0.3, 0.4) is 0 Å². The Hall–Kier alpha value is -0.620. The van der Waals surface area contributed by atoms with Gasteiger partial charge in [-0.2, -0.15) is 0 Å². The smallest absolute Gasteiger partial charge is 0.139 e. The van der Waals surface area contributed by atoms with E-state index in [0.29, 0.717) is 5.75 Å². The van der Waals surface area contributed by atoms with Gasteiger partial charge in [-0.15, -0.1) is 0 Å². The maximum Gasteiger partial charge on any atom is 0.139 e. The van der Waals surface area contributed by atoms with Crippen LogP contribution < -0.4 is 10.5 Å². The van der Waals surface area contributed by atoms with Crippen molar-refractivity contribution in [3.05, 3.63) is 39.7 Å². The molecule has 76 valence electrons. The van der Waals surface area contributed by atoms with Crippen LogP contribution in [0, 0.1) is 3.57 Å². The second-order valence-corrected chi connectivity index (χ2v) is 3.87. The molecule has 0 heterocycles. The lowest BCUT2D eigenvalue weighted by molar-refractivity contribution is 0.318. The second kappa shape index (κ2) is 5.98. The van der Waals surface area contributed by atoms with Crippen molar-refractivity contribution < 1.29 is 9.13 Å². The zero-order chi connectivity index (χ0) is 10.4. The van der Waals surface area contributed by atoms with Gasteiger partial charge in [-0.25, -0.2) is 4.39 Å². The van der Waals surface area contributed by atoms with Crippen molar-refractivity contribution in [1.82, 2.24) is 0 Å². The van der Waals surface area contributed by atoms with Gasteiger partial charge in [0, 0.05) is 10.1 Å². The largest absolute Gasteiger partial charge is 0.487 e. The molecule has 0 amide bonds. The Kier molecular flexibility index (Phi) is 4.89. The highest BCUT2D eigenvalue weighted by Crippen LogP contribution is 2.14. The van der Waals surface area contributed by atoms with Crippen molar-refractivity contribution in [2.75, 3.05) is 13.2 Å². The molecule has 4 heteroatoms. The van der Waals surface area contributed by atoms with E-state index in [9.17, 15) is 4.39 Å². The molecule has 0 aromatic heterocycles. The van der Waals surface area contributed by atoms with Gasteiger partial charge in [-0.1, -0.05) is 0 Å². The van der Waals surface area contributed by atoms with Gasteiger partial charge in [0.25, 0.3) is 0 Å². The summed E-state index contributed by atoms with van der Waals surface area (Å²) in [4.78, 5) is 0. The minimum Gasteiger partial charge on any atom is -0.487 e. The average Bonchev–Trinajstić information content (AvgIpc) is 2.17. The third-order valence-electron chi connectivity index (χ3n) is 1.53. The third kappa shape index (κ3) is 4.06. The molecule has 0 saturated heterocycles. The van der Waals surface area contributed by atoms with Gasteiger partial charge < -0.3 is 10.5 Å². The molecule has 0 bridgehead atoms. The van der Waals surface area contributed by atoms with Gasteiger partial charge in [0.15, 0.2) is 0 Å². The number of benzene rings is 1. The molecule has 0 aliphatic rings. The Balaban J connectivity index is 2.46. The molecule has 0 atom stereocenters. The fourth-order valence-corrected chi connectivity index (χ4v) is 1.23. The van der Waals surface area contributed by atoms with Crippen LogP contribution >= 0.6 is 22.6 Å². The first-order valence-electron chi connectivity index (χ1n) is 4.15. The van der Waals surface area contributed by atoms with E-state index in [1.54, 1.807) is 12.1 Å². The molecule has 1 aromatic carbocycles. The van der Waals surface area contributed by atoms with Crippen LogP contribution in [0.5, 0.6) is 5.75 Å². The van der Waals surface area contributed by atoms with Crippen LogP contribution in [0.2, 0.25) is 0 Å². The van der Waals surface area contributed by atoms with Crippen LogP contribution in [0.1, 0.15) is 0 Å². The van der Waals surface area contributed by atoms with Crippen LogP contribution in [0.25, 0.3) is 0 Å². The Morgan fingerprint density at radius 2 is 2.07 bits per heavy atom. The van der Waals surface area contributed by atoms with E-state index < -0.39 is 0 Å². The van der Waals surface area contributed by atoms with Crippen LogP contribution in [-0.4, -0.2) is 13.2 Å². The lowest BCUT2D eigenvalue weighted by Crippen LogP contribution is -2.01. The number of hydrogen-bond donors (Lipinski definition) is 1. The summed E-state index contributed by atoms with van der Waals surface area (Å²) in [5, 5.41) is 0. The highest BCUT2D eigenvalue weighted by molar-refractivity contribution is 14.1. The summed E-state index contributed by atoms with van der Waals surface area (Å²) in [7, 11) is 0. The first-order chi connectivity index (χ1) is 6.72. The van der Waals surface area contributed by atoms with Crippen molar-refractivity contribution in [2.45, 2.75) is 0 Å². The van der Waals surface area contributed by atoms with Gasteiger partial charge in [-0.3, -0.25) is 0 Å². The molecular formula is C10H11FINO. The van der Waals surface area contributed by atoms with Gasteiger partial charge in [0.1, 0.15) is 18.2 Å². The topological polar surface area (TPSA) is 35.2 Å². The molecular weight excluding hydrogens is 296 g/mol. The zero-order valence-corrected chi connectivity index (χ0v) is 9.70. The molecule has 0 saturated carbocycles. The van der Waals surface area contributed by atoms with Gasteiger partial charge >= 0.3 is 0 Å². The quantitative estimate of drug-likeness (QED) is 0.868. The van der Waals surface area contributed by atoms with Gasteiger partial charge in [0.2, 0.25) is 0 Å². The van der Waals surface area contributed by atoms with E-state index in [0.717, 1.165) is 3.57 Å². The van der Waals surface area contributed by atoms with E-state index >= 15 is 0 Å². The number of hydrogen-bond acceptors (Lipinski definition) is 2. The summed E-state index contributed by atoms with van der Waals surface area (Å²) in [5.74, 6) is 0.317. The maximum atomic E-state index is 12.8. The van der Waals surface area contributed by atoms with Gasteiger partial charge in [0.05, 0.1) is 0 Å². The van der Waals surface area contributed by atoms with E-state index in [-0.39, 0.29) is 19.0 Å². The molecule has 0 aliphatic carbocycles. The highest BCUT2D eigenvalue weighted by atomic mass is 127. The van der Waals surface area contributed by atoms with E-state index in [2.05, 4.69) is 22.6 Å². The lowest BCUT2D eigenvalue weighted by Gasteiger charge is -2.03. The molecule has 1 rings (SSSR count). The molecule has 0 unspecified atom stereocenters. The van der Waals surface area contributed by atoms with E-state index in [4.69, 9.17) is 10.5 Å². The van der Waals surface area contributed by atoms with Crippen molar-refractivity contribution in [3.63, 3.8) is 0 Å². The lowest BCUT2D eigenvalue weighted by atomic mass is 10.3. The summed E-state index contributed by atoms with van der Waals surface area (Å²) >= 11 is 2.19. The Bertz CT molecular complexity index is 310. The normalized spacial score (nSPS) is 11.5. The highest BCUT2D eigenvalue weighted by Gasteiger charge is 1.96. The van der Waals surface area contributed by atoms with E-state index in [1.165, 1.54) is 6.08 Å². The molecule has 0 radical (unpaired) electrons. The van der Waals surface area contributed by atoms with Crippen LogP contribution in [0.15, 0.2) is 36.2 Å². The van der Waals surface area contributed by atoms with Crippen LogP contribution in [0.4, 0.5) is 4.39 Å². The van der Waals surface area contributed by atoms with Crippen molar-refractivity contribution in [1.29, 1.82) is 0 Å². The summed E-state index contributed by atoms with van der Waals surface area (Å²) in [5.41, 5.74) is 5.15. The fourth-order valence-electron chi connectivity index (χ4n) is 0.870. The number of rotatable bonds is 4. The summed E-state index contributed by atoms with van der Waals surface area (Å²) in [6.07, 6.45) is 1.30. The Morgan fingerprint density at radius 3 is 2.64 bits per heavy atom. The fraction of sp³-hybridized carbons (Fsp3) is 0.200. The molecule has 1 aromatic rings. The molecule has 14 heavy (non-hydrogen) atoms. The number of nitrogens with two attached hydrogens (primary N) is 1. The van der Waals surface area contributed by atoms with Crippen molar-refractivity contribution in [3.8, 4) is 5.75 Å². The van der Waals surface area contributed by atoms with Crippen LogP contribution in [-0.2, 0) is 0 Å². The summed E-state index contributed by atoms with van der Waals surface area (Å²) in [6.45, 7) is 0.139. The van der Waals surface area contributed by atoms with E-state index in [1.807, 2.05) is 12.1 Å². The number of ether oxygens (including phenoxy) is 1. The molecule has 0 spiro atoms. The number of halogens is 2.